The molecule has 1 saturated carbocycles. The molecule has 0 aliphatic heterocycles. The average molecular weight is 223 g/mol. The maximum Gasteiger partial charge on any atom is 0.127 e. The molecule has 0 saturated heterocycles. The first kappa shape index (κ1) is 11.6. The van der Waals surface area contributed by atoms with Gasteiger partial charge in [0.05, 0.1) is 6.10 Å². The van der Waals surface area contributed by atoms with Crippen molar-refractivity contribution in [3.63, 3.8) is 0 Å². The van der Waals surface area contributed by atoms with Gasteiger partial charge in [-0.15, -0.1) is 0 Å². The maximum absolute atomic E-state index is 13.5. The summed E-state index contributed by atoms with van der Waals surface area (Å²) in [6.07, 6.45) is 2.58. The molecule has 1 aromatic rings. The molecule has 0 aromatic heterocycles. The Balaban J connectivity index is 2.03. The van der Waals surface area contributed by atoms with Gasteiger partial charge in [0.25, 0.3) is 0 Å². The van der Waals surface area contributed by atoms with Crippen molar-refractivity contribution in [1.29, 1.82) is 0 Å². The van der Waals surface area contributed by atoms with E-state index in [9.17, 15) is 9.50 Å². The van der Waals surface area contributed by atoms with Gasteiger partial charge in [0, 0.05) is 17.6 Å². The highest BCUT2D eigenvalue weighted by molar-refractivity contribution is 5.20. The van der Waals surface area contributed by atoms with Crippen molar-refractivity contribution >= 4 is 0 Å². The molecule has 1 aliphatic rings. The summed E-state index contributed by atoms with van der Waals surface area (Å²) in [4.78, 5) is 0. The number of rotatable bonds is 3. The van der Waals surface area contributed by atoms with Crippen molar-refractivity contribution < 1.29 is 9.50 Å². The third-order valence-corrected chi connectivity index (χ3v) is 3.32. The maximum atomic E-state index is 13.5. The Morgan fingerprint density at radius 3 is 2.75 bits per heavy atom. The van der Waals surface area contributed by atoms with Crippen LogP contribution < -0.4 is 5.32 Å². The van der Waals surface area contributed by atoms with Gasteiger partial charge in [0.15, 0.2) is 0 Å². The zero-order chi connectivity index (χ0) is 11.5. The van der Waals surface area contributed by atoms with E-state index in [0.29, 0.717) is 5.56 Å². The van der Waals surface area contributed by atoms with Gasteiger partial charge in [-0.1, -0.05) is 18.2 Å². The van der Waals surface area contributed by atoms with Crippen molar-refractivity contribution in [2.24, 2.45) is 0 Å². The van der Waals surface area contributed by atoms with E-state index in [2.05, 4.69) is 5.32 Å². The lowest BCUT2D eigenvalue weighted by molar-refractivity contribution is 0.143. The van der Waals surface area contributed by atoms with Crippen molar-refractivity contribution in [2.45, 2.75) is 44.4 Å². The van der Waals surface area contributed by atoms with E-state index in [1.807, 2.05) is 13.0 Å². The van der Waals surface area contributed by atoms with Crippen LogP contribution >= 0.6 is 0 Å². The van der Waals surface area contributed by atoms with Crippen LogP contribution in [0.4, 0.5) is 4.39 Å². The molecule has 88 valence electrons. The third-order valence-electron chi connectivity index (χ3n) is 3.32. The van der Waals surface area contributed by atoms with Gasteiger partial charge >= 0.3 is 0 Å². The van der Waals surface area contributed by atoms with Crippen LogP contribution in [0, 0.1) is 5.82 Å². The predicted octanol–water partition coefficient (Wildman–Crippen LogP) is 2.39. The average Bonchev–Trinajstić information content (AvgIpc) is 2.65. The Morgan fingerprint density at radius 1 is 1.38 bits per heavy atom. The Bertz CT molecular complexity index is 356. The number of aliphatic hydroxyl groups is 1. The van der Waals surface area contributed by atoms with Crippen molar-refractivity contribution in [1.82, 2.24) is 5.32 Å². The SMILES string of the molecule is CC(N[C@H]1CCC[C@@H]1O)c1ccccc1F. The molecular formula is C13H18FNO. The van der Waals surface area contributed by atoms with Crippen LogP contribution in [0.3, 0.4) is 0 Å². The second-order valence-electron chi connectivity index (χ2n) is 4.51. The van der Waals surface area contributed by atoms with E-state index in [-0.39, 0.29) is 24.0 Å². The van der Waals surface area contributed by atoms with Gasteiger partial charge in [0.1, 0.15) is 5.82 Å². The minimum Gasteiger partial charge on any atom is -0.392 e. The highest BCUT2D eigenvalue weighted by Crippen LogP contribution is 2.23. The highest BCUT2D eigenvalue weighted by atomic mass is 19.1. The Labute approximate surface area is 95.5 Å². The lowest BCUT2D eigenvalue weighted by Gasteiger charge is -2.22. The third kappa shape index (κ3) is 2.42. The highest BCUT2D eigenvalue weighted by Gasteiger charge is 2.26. The van der Waals surface area contributed by atoms with Crippen molar-refractivity contribution in [3.05, 3.63) is 35.6 Å². The minimum atomic E-state index is -0.283. The van der Waals surface area contributed by atoms with E-state index >= 15 is 0 Å². The first-order valence-corrected chi connectivity index (χ1v) is 5.87. The molecule has 2 rings (SSSR count). The number of aliphatic hydroxyl groups excluding tert-OH is 1. The number of hydrogen-bond acceptors (Lipinski definition) is 2. The van der Waals surface area contributed by atoms with E-state index in [1.165, 1.54) is 6.07 Å². The quantitative estimate of drug-likeness (QED) is 0.824. The number of benzene rings is 1. The van der Waals surface area contributed by atoms with Crippen molar-refractivity contribution in [3.8, 4) is 0 Å². The summed E-state index contributed by atoms with van der Waals surface area (Å²) in [6, 6.07) is 6.83. The zero-order valence-corrected chi connectivity index (χ0v) is 9.49. The largest absolute Gasteiger partial charge is 0.392 e. The Kier molecular flexibility index (Phi) is 3.56. The van der Waals surface area contributed by atoms with Gasteiger partial charge in [-0.05, 0) is 32.3 Å². The lowest BCUT2D eigenvalue weighted by Crippen LogP contribution is -2.37. The smallest absolute Gasteiger partial charge is 0.127 e. The van der Waals surface area contributed by atoms with E-state index in [0.717, 1.165) is 19.3 Å². The van der Waals surface area contributed by atoms with Crippen LogP contribution in [0.15, 0.2) is 24.3 Å². The fraction of sp³-hybridized carbons (Fsp3) is 0.538. The lowest BCUT2D eigenvalue weighted by atomic mass is 10.1. The number of nitrogens with one attached hydrogen (secondary N) is 1. The van der Waals surface area contributed by atoms with E-state index in [1.54, 1.807) is 12.1 Å². The second-order valence-corrected chi connectivity index (χ2v) is 4.51. The fourth-order valence-corrected chi connectivity index (χ4v) is 2.37. The van der Waals surface area contributed by atoms with Crippen LogP contribution in [-0.2, 0) is 0 Å². The molecule has 0 spiro atoms. The van der Waals surface area contributed by atoms with Gasteiger partial charge in [-0.3, -0.25) is 0 Å². The molecule has 16 heavy (non-hydrogen) atoms. The molecule has 0 heterocycles. The molecule has 3 atom stereocenters. The molecular weight excluding hydrogens is 205 g/mol. The number of hydrogen-bond donors (Lipinski definition) is 2. The first-order valence-electron chi connectivity index (χ1n) is 5.87. The first-order chi connectivity index (χ1) is 7.68. The molecule has 1 aliphatic carbocycles. The van der Waals surface area contributed by atoms with Crippen LogP contribution in [0.25, 0.3) is 0 Å². The minimum absolute atomic E-state index is 0.0565. The summed E-state index contributed by atoms with van der Waals surface area (Å²) >= 11 is 0. The van der Waals surface area contributed by atoms with E-state index in [4.69, 9.17) is 0 Å². The summed E-state index contributed by atoms with van der Waals surface area (Å²) in [5, 5.41) is 13.0. The van der Waals surface area contributed by atoms with Crippen LogP contribution in [-0.4, -0.2) is 17.3 Å². The van der Waals surface area contributed by atoms with Crippen molar-refractivity contribution in [2.75, 3.05) is 0 Å². The van der Waals surface area contributed by atoms with Crippen LogP contribution in [0.2, 0.25) is 0 Å². The van der Waals surface area contributed by atoms with E-state index < -0.39 is 0 Å². The summed E-state index contributed by atoms with van der Waals surface area (Å²) < 4.78 is 13.5. The second kappa shape index (κ2) is 4.93. The molecule has 0 radical (unpaired) electrons. The summed E-state index contributed by atoms with van der Waals surface area (Å²) in [5.41, 5.74) is 0.668. The topological polar surface area (TPSA) is 32.3 Å². The molecule has 2 N–H and O–H groups in total. The molecule has 2 nitrogen and oxygen atoms in total. The van der Waals surface area contributed by atoms with Gasteiger partial charge in [0.2, 0.25) is 0 Å². The summed E-state index contributed by atoms with van der Waals surface area (Å²) in [6.45, 7) is 1.93. The summed E-state index contributed by atoms with van der Waals surface area (Å²) in [7, 11) is 0. The molecule has 3 heteroatoms. The fourth-order valence-electron chi connectivity index (χ4n) is 2.37. The zero-order valence-electron chi connectivity index (χ0n) is 9.49. The van der Waals surface area contributed by atoms with Gasteiger partial charge in [-0.25, -0.2) is 4.39 Å². The Morgan fingerprint density at radius 2 is 2.12 bits per heavy atom. The molecule has 1 aromatic carbocycles. The van der Waals surface area contributed by atoms with Gasteiger partial charge in [-0.2, -0.15) is 0 Å². The molecule has 1 unspecified atom stereocenters. The Hall–Kier alpha value is -0.930. The van der Waals surface area contributed by atoms with Crippen LogP contribution in [0.1, 0.15) is 37.8 Å². The molecule has 1 fully saturated rings. The monoisotopic (exact) mass is 223 g/mol. The van der Waals surface area contributed by atoms with Gasteiger partial charge < -0.3 is 10.4 Å². The predicted molar refractivity (Wildman–Crippen MR) is 61.6 cm³/mol. The summed E-state index contributed by atoms with van der Waals surface area (Å²) in [5.74, 6) is -0.185. The number of halogens is 1. The van der Waals surface area contributed by atoms with Crippen LogP contribution in [0.5, 0.6) is 0 Å². The normalized spacial score (nSPS) is 26.9. The standard InChI is InChI=1S/C13H18FNO/c1-9(10-5-2-3-6-11(10)14)15-12-7-4-8-13(12)16/h2-3,5-6,9,12-13,15-16H,4,7-8H2,1H3/t9?,12-,13-/m0/s1. The molecule has 0 bridgehead atoms. The molecule has 0 amide bonds.